The van der Waals surface area contributed by atoms with Gasteiger partial charge in [0.2, 0.25) is 0 Å². The predicted octanol–water partition coefficient (Wildman–Crippen LogP) is 3.47. The normalized spacial score (nSPS) is 17.9. The summed E-state index contributed by atoms with van der Waals surface area (Å²) in [5.41, 5.74) is 1.96. The van der Waals surface area contributed by atoms with Crippen LogP contribution in [-0.4, -0.2) is 65.5 Å². The first-order valence-electron chi connectivity index (χ1n) is 10.7. The van der Waals surface area contributed by atoms with Crippen LogP contribution >= 0.6 is 0 Å². The van der Waals surface area contributed by atoms with E-state index in [4.69, 9.17) is 4.74 Å². The molecule has 7 heteroatoms. The molecule has 2 aromatic carbocycles. The van der Waals surface area contributed by atoms with Crippen LogP contribution in [0.2, 0.25) is 0 Å². The average molecular weight is 439 g/mol. The fourth-order valence-corrected chi connectivity index (χ4v) is 3.94. The van der Waals surface area contributed by atoms with Crippen LogP contribution in [0.4, 0.5) is 0 Å². The molecule has 1 atom stereocenters. The number of aliphatic hydroxyl groups excluding tert-OH is 1. The van der Waals surface area contributed by atoms with E-state index in [1.165, 1.54) is 17.0 Å². The second kappa shape index (κ2) is 9.87. The zero-order valence-corrected chi connectivity index (χ0v) is 19.0. The molecule has 1 heterocycles. The van der Waals surface area contributed by atoms with Crippen molar-refractivity contribution >= 4 is 17.4 Å². The molecule has 1 aliphatic rings. The lowest BCUT2D eigenvalue weighted by Crippen LogP contribution is -2.32. The molecule has 0 spiro atoms. The summed E-state index contributed by atoms with van der Waals surface area (Å²) in [5, 5.41) is 20.9. The Kier molecular flexibility index (Phi) is 7.20. The van der Waals surface area contributed by atoms with Crippen molar-refractivity contribution < 1.29 is 24.5 Å². The van der Waals surface area contributed by atoms with Crippen LogP contribution < -0.4 is 4.74 Å². The average Bonchev–Trinajstić information content (AvgIpc) is 3.00. The van der Waals surface area contributed by atoms with Gasteiger partial charge in [0.15, 0.2) is 0 Å². The lowest BCUT2D eigenvalue weighted by atomic mass is 9.94. The van der Waals surface area contributed by atoms with Gasteiger partial charge in [-0.05, 0) is 82.4 Å². The zero-order chi connectivity index (χ0) is 23.4. The molecule has 1 saturated heterocycles. The highest BCUT2D eigenvalue weighted by atomic mass is 16.5. The minimum atomic E-state index is -0.732. The number of hydrogen-bond acceptors (Lipinski definition) is 6. The summed E-state index contributed by atoms with van der Waals surface area (Å²) in [5.74, 6) is -0.783. The number of rotatable bonds is 8. The van der Waals surface area contributed by atoms with Crippen LogP contribution in [0.3, 0.4) is 0 Å². The lowest BCUT2D eigenvalue weighted by Gasteiger charge is -2.26. The van der Waals surface area contributed by atoms with Crippen molar-refractivity contribution in [2.24, 2.45) is 0 Å². The number of amides is 1. The van der Waals surface area contributed by atoms with Gasteiger partial charge < -0.3 is 24.7 Å². The third kappa shape index (κ3) is 4.78. The molecule has 0 aliphatic carbocycles. The predicted molar refractivity (Wildman–Crippen MR) is 123 cm³/mol. The molecule has 1 aliphatic heterocycles. The summed E-state index contributed by atoms with van der Waals surface area (Å²) in [6.45, 7) is 5.39. The van der Waals surface area contributed by atoms with Gasteiger partial charge in [0.05, 0.1) is 18.2 Å². The molecule has 7 nitrogen and oxygen atoms in total. The van der Waals surface area contributed by atoms with Gasteiger partial charge in [0.1, 0.15) is 17.3 Å². The first-order valence-corrected chi connectivity index (χ1v) is 10.7. The molecule has 0 bridgehead atoms. The minimum Gasteiger partial charge on any atom is -0.508 e. The van der Waals surface area contributed by atoms with E-state index in [1.54, 1.807) is 30.3 Å². The Morgan fingerprint density at radius 3 is 2.41 bits per heavy atom. The maximum Gasteiger partial charge on any atom is 0.295 e. The number of Topliss-reactive ketones (excluding diaryl/α,β-unsaturated/α-hetero) is 1. The first-order chi connectivity index (χ1) is 15.2. The number of phenolic OH excluding ortho intramolecular Hbond substituents is 1. The molecule has 2 N–H and O–H groups in total. The molecular formula is C25H30N2O5. The number of carbonyl (C=O) groups excluding carboxylic acids is 2. The Balaban J connectivity index is 2.08. The molecule has 1 amide bonds. The molecule has 1 fully saturated rings. The van der Waals surface area contributed by atoms with Gasteiger partial charge in [-0.15, -0.1) is 0 Å². The summed E-state index contributed by atoms with van der Waals surface area (Å²) in [4.78, 5) is 29.5. The summed E-state index contributed by atoms with van der Waals surface area (Å²) < 4.78 is 5.56. The quantitative estimate of drug-likeness (QED) is 0.373. The fourth-order valence-electron chi connectivity index (χ4n) is 3.94. The number of hydrogen-bond donors (Lipinski definition) is 2. The van der Waals surface area contributed by atoms with E-state index >= 15 is 0 Å². The smallest absolute Gasteiger partial charge is 0.295 e. The van der Waals surface area contributed by atoms with Crippen LogP contribution in [0.15, 0.2) is 48.0 Å². The van der Waals surface area contributed by atoms with Crippen LogP contribution in [0.5, 0.6) is 11.5 Å². The highest BCUT2D eigenvalue weighted by Crippen LogP contribution is 2.40. The second-order valence-electron chi connectivity index (χ2n) is 8.15. The third-order valence-corrected chi connectivity index (χ3v) is 5.50. The van der Waals surface area contributed by atoms with E-state index in [2.05, 4.69) is 0 Å². The Bertz CT molecular complexity index is 1030. The highest BCUT2D eigenvalue weighted by molar-refractivity contribution is 6.46. The van der Waals surface area contributed by atoms with Gasteiger partial charge in [-0.3, -0.25) is 9.59 Å². The molecule has 32 heavy (non-hydrogen) atoms. The molecule has 1 unspecified atom stereocenters. The topological polar surface area (TPSA) is 90.3 Å². The van der Waals surface area contributed by atoms with Crippen molar-refractivity contribution in [2.45, 2.75) is 26.3 Å². The van der Waals surface area contributed by atoms with Gasteiger partial charge in [0, 0.05) is 12.1 Å². The van der Waals surface area contributed by atoms with E-state index in [-0.39, 0.29) is 17.1 Å². The Hall–Kier alpha value is -3.32. The van der Waals surface area contributed by atoms with E-state index in [0.717, 1.165) is 12.1 Å². The maximum atomic E-state index is 13.0. The largest absolute Gasteiger partial charge is 0.508 e. The van der Waals surface area contributed by atoms with E-state index in [0.29, 0.717) is 36.4 Å². The van der Waals surface area contributed by atoms with Crippen molar-refractivity contribution in [1.82, 2.24) is 9.80 Å². The Morgan fingerprint density at radius 1 is 1.12 bits per heavy atom. The highest BCUT2D eigenvalue weighted by Gasteiger charge is 2.45. The van der Waals surface area contributed by atoms with Crippen LogP contribution in [0.1, 0.15) is 36.1 Å². The van der Waals surface area contributed by atoms with Crippen molar-refractivity contribution in [2.75, 3.05) is 33.8 Å². The number of nitrogens with zero attached hydrogens (tertiary/aromatic N) is 2. The molecule has 170 valence electrons. The number of carbonyl (C=O) groups is 2. The SMILES string of the molecule is CCOc1ccc(/C(O)=C2/C(=O)C(=O)N(CCCN(C)C)C2c2ccc(O)cc2)cc1C. The number of benzene rings is 2. The summed E-state index contributed by atoms with van der Waals surface area (Å²) >= 11 is 0. The van der Waals surface area contributed by atoms with E-state index < -0.39 is 17.7 Å². The minimum absolute atomic E-state index is 0.0501. The maximum absolute atomic E-state index is 13.0. The van der Waals surface area contributed by atoms with Crippen molar-refractivity contribution in [3.05, 3.63) is 64.7 Å². The van der Waals surface area contributed by atoms with Crippen LogP contribution in [0, 0.1) is 6.92 Å². The first kappa shape index (κ1) is 23.3. The summed E-state index contributed by atoms with van der Waals surface area (Å²) in [6.07, 6.45) is 0.677. The lowest BCUT2D eigenvalue weighted by molar-refractivity contribution is -0.139. The standard InChI is InChI=1S/C25H30N2O5/c1-5-32-20-12-9-18(15-16(20)2)23(29)21-22(17-7-10-19(28)11-8-17)27(25(31)24(21)30)14-6-13-26(3)4/h7-12,15,22,28-29H,5-6,13-14H2,1-4H3/b23-21-. The monoisotopic (exact) mass is 438 g/mol. The molecule has 0 aromatic heterocycles. The van der Waals surface area contributed by atoms with Gasteiger partial charge in [-0.25, -0.2) is 0 Å². The van der Waals surface area contributed by atoms with E-state index in [9.17, 15) is 19.8 Å². The Morgan fingerprint density at radius 2 is 1.81 bits per heavy atom. The number of ketones is 1. The number of likely N-dealkylation sites (tertiary alicyclic amines) is 1. The van der Waals surface area contributed by atoms with Gasteiger partial charge in [-0.2, -0.15) is 0 Å². The number of aromatic hydroxyl groups is 1. The number of aryl methyl sites for hydroxylation is 1. The summed E-state index contributed by atoms with van der Waals surface area (Å²) in [7, 11) is 3.89. The summed E-state index contributed by atoms with van der Waals surface area (Å²) in [6, 6.07) is 10.8. The van der Waals surface area contributed by atoms with Gasteiger partial charge in [0.25, 0.3) is 11.7 Å². The van der Waals surface area contributed by atoms with Gasteiger partial charge in [-0.1, -0.05) is 12.1 Å². The third-order valence-electron chi connectivity index (χ3n) is 5.50. The second-order valence-corrected chi connectivity index (χ2v) is 8.15. The Labute approximate surface area is 188 Å². The van der Waals surface area contributed by atoms with Gasteiger partial charge >= 0.3 is 0 Å². The van der Waals surface area contributed by atoms with Crippen molar-refractivity contribution in [3.63, 3.8) is 0 Å². The van der Waals surface area contributed by atoms with Crippen LogP contribution in [-0.2, 0) is 9.59 Å². The molecule has 0 saturated carbocycles. The molecular weight excluding hydrogens is 408 g/mol. The zero-order valence-electron chi connectivity index (χ0n) is 19.0. The molecule has 3 rings (SSSR count). The number of phenols is 1. The number of aliphatic hydroxyl groups is 1. The molecule has 2 aromatic rings. The fraction of sp³-hybridized carbons (Fsp3) is 0.360. The van der Waals surface area contributed by atoms with Crippen molar-refractivity contribution in [3.8, 4) is 11.5 Å². The number of ether oxygens (including phenoxy) is 1. The van der Waals surface area contributed by atoms with Crippen molar-refractivity contribution in [1.29, 1.82) is 0 Å². The molecule has 0 radical (unpaired) electrons. The van der Waals surface area contributed by atoms with E-state index in [1.807, 2.05) is 32.8 Å². The van der Waals surface area contributed by atoms with Crippen LogP contribution in [0.25, 0.3) is 5.76 Å².